The molecule has 2 amide bonds. The minimum Gasteiger partial charge on any atom is -0.444 e. The van der Waals surface area contributed by atoms with Crippen molar-refractivity contribution < 1.29 is 18.7 Å². The second-order valence-electron chi connectivity index (χ2n) is 10.3. The van der Waals surface area contributed by atoms with Gasteiger partial charge in [-0.3, -0.25) is 4.79 Å². The summed E-state index contributed by atoms with van der Waals surface area (Å²) in [5.41, 5.74) is 6.33. The molecule has 1 heterocycles. The predicted molar refractivity (Wildman–Crippen MR) is 136 cm³/mol. The van der Waals surface area contributed by atoms with Crippen LogP contribution in [0.1, 0.15) is 46.6 Å². The SMILES string of the molecule is CC(C)(C)CC(C)(C)OC(=O)N[C@H]1CSc2cc(F)c(N)cc2N(Cc2ccc(Cl)cc2)C1=O. The smallest absolute Gasteiger partial charge is 0.408 e. The molecular formula is C25H31ClFN3O3S. The predicted octanol–water partition coefficient (Wildman–Crippen LogP) is 6.01. The Morgan fingerprint density at radius 2 is 1.88 bits per heavy atom. The highest BCUT2D eigenvalue weighted by Crippen LogP contribution is 2.38. The van der Waals surface area contributed by atoms with E-state index in [1.54, 1.807) is 12.1 Å². The molecule has 2 aromatic carbocycles. The largest absolute Gasteiger partial charge is 0.444 e. The molecule has 0 saturated heterocycles. The molecule has 0 fully saturated rings. The van der Waals surface area contributed by atoms with Gasteiger partial charge in [0, 0.05) is 15.7 Å². The number of hydrogen-bond acceptors (Lipinski definition) is 5. The number of nitrogens with one attached hydrogen (secondary N) is 1. The van der Waals surface area contributed by atoms with Gasteiger partial charge in [0.15, 0.2) is 0 Å². The van der Waals surface area contributed by atoms with Crippen molar-refractivity contribution in [2.24, 2.45) is 5.41 Å². The molecule has 0 spiro atoms. The molecule has 3 N–H and O–H groups in total. The zero-order chi connectivity index (χ0) is 25.3. The Kier molecular flexibility index (Phi) is 7.72. The van der Waals surface area contributed by atoms with Crippen LogP contribution in [0, 0.1) is 11.2 Å². The van der Waals surface area contributed by atoms with Crippen LogP contribution in [0.3, 0.4) is 0 Å². The number of rotatable bonds is 5. The summed E-state index contributed by atoms with van der Waals surface area (Å²) in [7, 11) is 0. The number of ether oxygens (including phenoxy) is 1. The number of nitrogens with zero attached hydrogens (tertiary/aromatic N) is 1. The molecule has 0 radical (unpaired) electrons. The van der Waals surface area contributed by atoms with Crippen molar-refractivity contribution in [1.82, 2.24) is 5.32 Å². The van der Waals surface area contributed by atoms with Crippen LogP contribution < -0.4 is 16.0 Å². The van der Waals surface area contributed by atoms with Gasteiger partial charge < -0.3 is 20.7 Å². The zero-order valence-electron chi connectivity index (χ0n) is 20.1. The van der Waals surface area contributed by atoms with Crippen molar-refractivity contribution in [2.75, 3.05) is 16.4 Å². The number of nitrogens with two attached hydrogens (primary N) is 1. The van der Waals surface area contributed by atoms with Gasteiger partial charge in [-0.15, -0.1) is 11.8 Å². The Balaban J connectivity index is 1.86. The Bertz CT molecular complexity index is 1070. The standard InChI is InChI=1S/C25H31ClFN3O3S/c1-24(2,3)14-25(4,5)33-23(32)29-19-13-34-21-10-17(27)18(28)11-20(21)30(22(19)31)12-15-6-8-16(26)9-7-15/h6-11,19H,12-14,28H2,1-5H3,(H,29,32)/t19-/m0/s1. The summed E-state index contributed by atoms with van der Waals surface area (Å²) in [4.78, 5) is 28.4. The first-order valence-electron chi connectivity index (χ1n) is 11.0. The number of thioether (sulfide) groups is 1. The van der Waals surface area contributed by atoms with Crippen molar-refractivity contribution in [3.05, 3.63) is 52.8 Å². The average molecular weight is 508 g/mol. The van der Waals surface area contributed by atoms with Crippen molar-refractivity contribution in [3.8, 4) is 0 Å². The summed E-state index contributed by atoms with van der Waals surface area (Å²) in [6, 6.07) is 9.00. The molecule has 3 rings (SSSR count). The fourth-order valence-corrected chi connectivity index (χ4v) is 5.41. The number of amides is 2. The fraction of sp³-hybridized carbons (Fsp3) is 0.440. The third-order valence-corrected chi connectivity index (χ3v) is 6.60. The van der Waals surface area contributed by atoms with Gasteiger partial charge in [0.1, 0.15) is 17.5 Å². The number of benzene rings is 2. The van der Waals surface area contributed by atoms with Gasteiger partial charge in [0.25, 0.3) is 5.91 Å². The molecule has 184 valence electrons. The third kappa shape index (κ3) is 6.79. The van der Waals surface area contributed by atoms with E-state index in [1.807, 2.05) is 26.0 Å². The van der Waals surface area contributed by atoms with E-state index in [4.69, 9.17) is 22.1 Å². The summed E-state index contributed by atoms with van der Waals surface area (Å²) < 4.78 is 19.9. The Hall–Kier alpha value is -2.45. The molecule has 0 aliphatic carbocycles. The number of fused-ring (bicyclic) bond motifs is 1. The fourth-order valence-electron chi connectivity index (χ4n) is 4.21. The molecule has 9 heteroatoms. The Labute approximate surface area is 209 Å². The van der Waals surface area contributed by atoms with Crippen molar-refractivity contribution in [2.45, 2.75) is 64.1 Å². The second-order valence-corrected chi connectivity index (χ2v) is 11.8. The number of carbonyl (C=O) groups excluding carboxylic acids is 2. The van der Waals surface area contributed by atoms with E-state index in [2.05, 4.69) is 26.1 Å². The molecule has 0 aromatic heterocycles. The molecule has 1 aliphatic heterocycles. The van der Waals surface area contributed by atoms with E-state index in [0.29, 0.717) is 22.0 Å². The molecule has 1 aliphatic rings. The first-order chi connectivity index (χ1) is 15.7. The van der Waals surface area contributed by atoms with E-state index in [0.717, 1.165) is 5.56 Å². The van der Waals surface area contributed by atoms with Crippen LogP contribution >= 0.6 is 23.4 Å². The molecule has 0 saturated carbocycles. The highest BCUT2D eigenvalue weighted by molar-refractivity contribution is 7.99. The quantitative estimate of drug-likeness (QED) is 0.484. The molecule has 6 nitrogen and oxygen atoms in total. The van der Waals surface area contributed by atoms with E-state index < -0.39 is 23.6 Å². The lowest BCUT2D eigenvalue weighted by molar-refractivity contribution is -0.120. The van der Waals surface area contributed by atoms with Crippen molar-refractivity contribution in [1.29, 1.82) is 0 Å². The number of nitrogen functional groups attached to an aromatic ring is 1. The molecule has 0 bridgehead atoms. The summed E-state index contributed by atoms with van der Waals surface area (Å²) in [6.45, 7) is 10.1. The summed E-state index contributed by atoms with van der Waals surface area (Å²) >= 11 is 7.28. The van der Waals surface area contributed by atoms with Crippen LogP contribution in [0.25, 0.3) is 0 Å². The number of alkyl carbamates (subject to hydrolysis) is 1. The monoisotopic (exact) mass is 507 g/mol. The van der Waals surface area contributed by atoms with Gasteiger partial charge in [-0.1, -0.05) is 44.5 Å². The lowest BCUT2D eigenvalue weighted by atomic mass is 9.84. The zero-order valence-corrected chi connectivity index (χ0v) is 21.6. The number of hydrogen-bond donors (Lipinski definition) is 2. The van der Waals surface area contributed by atoms with E-state index in [1.165, 1.54) is 28.8 Å². The maximum atomic E-state index is 14.2. The number of carbonyl (C=O) groups is 2. The average Bonchev–Trinajstić information content (AvgIpc) is 2.80. The summed E-state index contributed by atoms with van der Waals surface area (Å²) in [6.07, 6.45) is -0.0238. The lowest BCUT2D eigenvalue weighted by Gasteiger charge is -2.33. The lowest BCUT2D eigenvalue weighted by Crippen LogP contribution is -2.50. The van der Waals surface area contributed by atoms with Crippen LogP contribution in [0.15, 0.2) is 41.3 Å². The van der Waals surface area contributed by atoms with Gasteiger partial charge in [0.05, 0.1) is 17.9 Å². The highest BCUT2D eigenvalue weighted by Gasteiger charge is 2.35. The summed E-state index contributed by atoms with van der Waals surface area (Å²) in [5, 5.41) is 3.30. The maximum Gasteiger partial charge on any atom is 0.408 e. The molecular weight excluding hydrogens is 477 g/mol. The van der Waals surface area contributed by atoms with E-state index in [9.17, 15) is 14.0 Å². The summed E-state index contributed by atoms with van der Waals surface area (Å²) in [5.74, 6) is -0.668. The molecule has 1 atom stereocenters. The minimum atomic E-state index is -0.869. The van der Waals surface area contributed by atoms with Gasteiger partial charge in [0.2, 0.25) is 0 Å². The van der Waals surface area contributed by atoms with Crippen LogP contribution in [-0.2, 0) is 16.1 Å². The maximum absolute atomic E-state index is 14.2. The van der Waals surface area contributed by atoms with E-state index in [-0.39, 0.29) is 29.3 Å². The third-order valence-electron chi connectivity index (χ3n) is 5.21. The number of anilines is 2. The highest BCUT2D eigenvalue weighted by atomic mass is 35.5. The normalized spacial score (nSPS) is 16.6. The van der Waals surface area contributed by atoms with Gasteiger partial charge >= 0.3 is 6.09 Å². The Morgan fingerprint density at radius 3 is 2.50 bits per heavy atom. The Morgan fingerprint density at radius 1 is 1.24 bits per heavy atom. The first kappa shape index (κ1) is 26.2. The van der Waals surface area contributed by atoms with Crippen LogP contribution in [0.5, 0.6) is 0 Å². The van der Waals surface area contributed by atoms with Crippen LogP contribution in [0.4, 0.5) is 20.6 Å². The molecule has 0 unspecified atom stereocenters. The van der Waals surface area contributed by atoms with Crippen LogP contribution in [0.2, 0.25) is 5.02 Å². The second kappa shape index (κ2) is 10.0. The van der Waals surface area contributed by atoms with Crippen molar-refractivity contribution >= 4 is 46.7 Å². The molecule has 2 aromatic rings. The van der Waals surface area contributed by atoms with Gasteiger partial charge in [-0.05, 0) is 55.5 Å². The topological polar surface area (TPSA) is 84.7 Å². The first-order valence-corrected chi connectivity index (χ1v) is 12.4. The van der Waals surface area contributed by atoms with Crippen molar-refractivity contribution in [3.63, 3.8) is 0 Å². The van der Waals surface area contributed by atoms with Gasteiger partial charge in [-0.2, -0.15) is 0 Å². The van der Waals surface area contributed by atoms with E-state index >= 15 is 0 Å². The number of halogens is 2. The van der Waals surface area contributed by atoms with Gasteiger partial charge in [-0.25, -0.2) is 9.18 Å². The minimum absolute atomic E-state index is 0.0429. The molecule has 34 heavy (non-hydrogen) atoms. The van der Waals surface area contributed by atoms with Crippen LogP contribution in [-0.4, -0.2) is 29.4 Å².